The molecular formula is C23H13Cl3N2O3. The normalized spacial score (nSPS) is 10.8. The number of anilines is 1. The van der Waals surface area contributed by atoms with E-state index < -0.39 is 11.9 Å². The summed E-state index contributed by atoms with van der Waals surface area (Å²) in [5, 5.41) is 13.0. The van der Waals surface area contributed by atoms with Gasteiger partial charge in [-0.15, -0.1) is 0 Å². The molecule has 1 N–H and O–H groups in total. The number of nitrogens with zero attached hydrogens (tertiary/aromatic N) is 1. The molecule has 1 amide bonds. The third kappa shape index (κ3) is 5.65. The van der Waals surface area contributed by atoms with Gasteiger partial charge in [-0.2, -0.15) is 5.26 Å². The Morgan fingerprint density at radius 2 is 1.55 bits per heavy atom. The van der Waals surface area contributed by atoms with E-state index in [0.717, 1.165) is 0 Å². The second-order valence-electron chi connectivity index (χ2n) is 6.15. The molecule has 0 spiro atoms. The smallest absolute Gasteiger partial charge is 0.343 e. The van der Waals surface area contributed by atoms with Crippen molar-refractivity contribution in [1.29, 1.82) is 5.26 Å². The zero-order valence-electron chi connectivity index (χ0n) is 15.7. The highest BCUT2D eigenvalue weighted by atomic mass is 35.5. The lowest BCUT2D eigenvalue weighted by Crippen LogP contribution is -2.14. The lowest BCUT2D eigenvalue weighted by molar-refractivity contribution is -0.112. The molecule has 0 aliphatic carbocycles. The van der Waals surface area contributed by atoms with Crippen molar-refractivity contribution in [2.75, 3.05) is 5.32 Å². The van der Waals surface area contributed by atoms with Crippen LogP contribution in [-0.4, -0.2) is 11.9 Å². The van der Waals surface area contributed by atoms with Crippen molar-refractivity contribution in [1.82, 2.24) is 0 Å². The van der Waals surface area contributed by atoms with Gasteiger partial charge in [0.05, 0.1) is 21.3 Å². The predicted octanol–water partition coefficient (Wildman–Crippen LogP) is 6.41. The molecule has 5 nitrogen and oxygen atoms in total. The number of carbonyl (C=O) groups is 2. The van der Waals surface area contributed by atoms with Gasteiger partial charge in [-0.25, -0.2) is 4.79 Å². The molecule has 31 heavy (non-hydrogen) atoms. The molecule has 0 heterocycles. The van der Waals surface area contributed by atoms with Gasteiger partial charge in [0.15, 0.2) is 0 Å². The van der Waals surface area contributed by atoms with Crippen LogP contribution in [-0.2, 0) is 4.79 Å². The zero-order chi connectivity index (χ0) is 22.4. The summed E-state index contributed by atoms with van der Waals surface area (Å²) in [6.07, 6.45) is 1.31. The Kier molecular flexibility index (Phi) is 7.32. The molecule has 154 valence electrons. The fourth-order valence-electron chi connectivity index (χ4n) is 2.54. The lowest BCUT2D eigenvalue weighted by atomic mass is 10.1. The molecule has 0 saturated carbocycles. The number of carbonyl (C=O) groups excluding carboxylic acids is 2. The number of hydrogen-bond acceptors (Lipinski definition) is 4. The first-order chi connectivity index (χ1) is 14.9. The van der Waals surface area contributed by atoms with Gasteiger partial charge >= 0.3 is 5.97 Å². The van der Waals surface area contributed by atoms with E-state index in [4.69, 9.17) is 39.5 Å². The summed E-state index contributed by atoms with van der Waals surface area (Å²) < 4.78 is 5.44. The van der Waals surface area contributed by atoms with Gasteiger partial charge in [0.1, 0.15) is 17.4 Å². The van der Waals surface area contributed by atoms with Crippen LogP contribution in [0, 0.1) is 11.3 Å². The SMILES string of the molecule is N#C/C(=C\c1ccccc1OC(=O)c1ccc(Cl)cc1)C(=O)Nc1c(Cl)cccc1Cl. The van der Waals surface area contributed by atoms with E-state index in [0.29, 0.717) is 16.1 Å². The third-order valence-electron chi connectivity index (χ3n) is 4.07. The van der Waals surface area contributed by atoms with Crippen LogP contribution in [0.4, 0.5) is 5.69 Å². The standard InChI is InChI=1S/C23H13Cl3N2O3/c24-17-10-8-14(9-11-17)23(30)31-20-7-2-1-4-15(20)12-16(13-27)22(29)28-21-18(25)5-3-6-19(21)26/h1-12H,(H,28,29)/b16-12+. The maximum Gasteiger partial charge on any atom is 0.343 e. The molecule has 0 unspecified atom stereocenters. The minimum absolute atomic E-state index is 0.179. The summed E-state index contributed by atoms with van der Waals surface area (Å²) in [6, 6.07) is 19.3. The Morgan fingerprint density at radius 3 is 2.19 bits per heavy atom. The Labute approximate surface area is 193 Å². The molecule has 8 heteroatoms. The number of para-hydroxylation sites is 2. The summed E-state index contributed by atoms with van der Waals surface area (Å²) in [7, 11) is 0. The van der Waals surface area contributed by atoms with Crippen LogP contribution in [0.15, 0.2) is 72.3 Å². The second-order valence-corrected chi connectivity index (χ2v) is 7.41. The van der Waals surface area contributed by atoms with Crippen molar-refractivity contribution in [3.63, 3.8) is 0 Å². The van der Waals surface area contributed by atoms with Crippen LogP contribution in [0.2, 0.25) is 15.1 Å². The van der Waals surface area contributed by atoms with Gasteiger partial charge in [-0.1, -0.05) is 59.1 Å². The summed E-state index contributed by atoms with van der Waals surface area (Å²) in [4.78, 5) is 25.0. The summed E-state index contributed by atoms with van der Waals surface area (Å²) in [5.74, 6) is -1.14. The molecule has 0 fully saturated rings. The molecule has 0 aliphatic heterocycles. The third-order valence-corrected chi connectivity index (χ3v) is 4.95. The number of nitrogens with one attached hydrogen (secondary N) is 1. The number of nitriles is 1. The molecule has 3 aromatic carbocycles. The summed E-state index contributed by atoms with van der Waals surface area (Å²) in [6.45, 7) is 0. The van der Waals surface area contributed by atoms with E-state index >= 15 is 0 Å². The Morgan fingerprint density at radius 1 is 0.903 bits per heavy atom. The quantitative estimate of drug-likeness (QED) is 0.202. The number of hydrogen-bond donors (Lipinski definition) is 1. The van der Waals surface area contributed by atoms with Crippen molar-refractivity contribution in [2.45, 2.75) is 0 Å². The van der Waals surface area contributed by atoms with Crippen molar-refractivity contribution in [2.24, 2.45) is 0 Å². The van der Waals surface area contributed by atoms with Crippen LogP contribution in [0.5, 0.6) is 5.75 Å². The minimum atomic E-state index is -0.712. The van der Waals surface area contributed by atoms with Gasteiger partial charge in [-0.3, -0.25) is 4.79 Å². The molecule has 0 radical (unpaired) electrons. The molecule has 0 bridgehead atoms. The van der Waals surface area contributed by atoms with Crippen molar-refractivity contribution < 1.29 is 14.3 Å². The Bertz CT molecular complexity index is 1200. The Balaban J connectivity index is 1.86. The van der Waals surface area contributed by atoms with Crippen molar-refractivity contribution in [3.05, 3.63) is 98.5 Å². The first-order valence-electron chi connectivity index (χ1n) is 8.83. The highest BCUT2D eigenvalue weighted by molar-refractivity contribution is 6.40. The zero-order valence-corrected chi connectivity index (χ0v) is 18.0. The molecular weight excluding hydrogens is 459 g/mol. The fraction of sp³-hybridized carbons (Fsp3) is 0. The maximum atomic E-state index is 12.6. The van der Waals surface area contributed by atoms with Crippen LogP contribution in [0.25, 0.3) is 6.08 Å². The number of benzene rings is 3. The largest absolute Gasteiger partial charge is 0.422 e. The van der Waals surface area contributed by atoms with E-state index in [9.17, 15) is 14.9 Å². The molecule has 0 aromatic heterocycles. The fourth-order valence-corrected chi connectivity index (χ4v) is 3.16. The van der Waals surface area contributed by atoms with E-state index in [1.807, 2.05) is 6.07 Å². The Hall–Kier alpha value is -3.30. The first kappa shape index (κ1) is 22.4. The first-order valence-corrected chi connectivity index (χ1v) is 9.96. The van der Waals surface area contributed by atoms with Gasteiger partial charge in [0, 0.05) is 10.6 Å². The van der Waals surface area contributed by atoms with E-state index in [1.165, 1.54) is 18.2 Å². The van der Waals surface area contributed by atoms with Gasteiger partial charge in [0.2, 0.25) is 0 Å². The van der Waals surface area contributed by atoms with E-state index in [-0.39, 0.29) is 27.1 Å². The lowest BCUT2D eigenvalue weighted by Gasteiger charge is -2.10. The number of amides is 1. The average molecular weight is 472 g/mol. The van der Waals surface area contributed by atoms with Gasteiger partial charge in [-0.05, 0) is 48.5 Å². The summed E-state index contributed by atoms with van der Waals surface area (Å²) in [5.41, 5.74) is 0.627. The average Bonchev–Trinajstić information content (AvgIpc) is 2.76. The van der Waals surface area contributed by atoms with Crippen molar-refractivity contribution >= 4 is 58.4 Å². The van der Waals surface area contributed by atoms with Gasteiger partial charge in [0.25, 0.3) is 5.91 Å². The van der Waals surface area contributed by atoms with Crippen LogP contribution in [0.3, 0.4) is 0 Å². The second kappa shape index (κ2) is 10.1. The predicted molar refractivity (Wildman–Crippen MR) is 122 cm³/mol. The topological polar surface area (TPSA) is 79.2 Å². The number of esters is 1. The highest BCUT2D eigenvalue weighted by Gasteiger charge is 2.16. The van der Waals surface area contributed by atoms with E-state index in [2.05, 4.69) is 5.32 Å². The molecule has 0 saturated heterocycles. The molecule has 3 aromatic rings. The molecule has 3 rings (SSSR count). The van der Waals surface area contributed by atoms with Crippen molar-refractivity contribution in [3.8, 4) is 11.8 Å². The van der Waals surface area contributed by atoms with Gasteiger partial charge < -0.3 is 10.1 Å². The van der Waals surface area contributed by atoms with Crippen LogP contribution in [0.1, 0.15) is 15.9 Å². The van der Waals surface area contributed by atoms with E-state index in [1.54, 1.807) is 54.6 Å². The molecule has 0 atom stereocenters. The minimum Gasteiger partial charge on any atom is -0.422 e. The number of ether oxygens (including phenoxy) is 1. The number of halogens is 3. The highest BCUT2D eigenvalue weighted by Crippen LogP contribution is 2.30. The monoisotopic (exact) mass is 470 g/mol. The molecule has 0 aliphatic rings. The summed E-state index contributed by atoms with van der Waals surface area (Å²) >= 11 is 18.0. The number of rotatable bonds is 5. The van der Waals surface area contributed by atoms with Crippen LogP contribution >= 0.6 is 34.8 Å². The van der Waals surface area contributed by atoms with Crippen LogP contribution < -0.4 is 10.1 Å². The maximum absolute atomic E-state index is 12.6.